The lowest BCUT2D eigenvalue weighted by atomic mass is 10.1. The molecule has 1 fully saturated rings. The molecule has 1 aromatic rings. The van der Waals surface area contributed by atoms with E-state index in [1.807, 2.05) is 7.05 Å². The van der Waals surface area contributed by atoms with Crippen molar-refractivity contribution in [2.75, 3.05) is 26.7 Å². The lowest BCUT2D eigenvalue weighted by Gasteiger charge is -2.29. The summed E-state index contributed by atoms with van der Waals surface area (Å²) in [4.78, 5) is 13.8. The molecule has 104 valence electrons. The molecule has 1 saturated heterocycles. The van der Waals surface area contributed by atoms with E-state index in [1.165, 1.54) is 0 Å². The number of rotatable bonds is 4. The third-order valence-electron chi connectivity index (χ3n) is 3.05. The zero-order valence-corrected chi connectivity index (χ0v) is 11.7. The number of esters is 1. The van der Waals surface area contributed by atoms with Gasteiger partial charge in [0.15, 0.2) is 6.61 Å². The van der Waals surface area contributed by atoms with Crippen molar-refractivity contribution >= 4 is 17.6 Å². The van der Waals surface area contributed by atoms with Crippen molar-refractivity contribution in [2.24, 2.45) is 0 Å². The summed E-state index contributed by atoms with van der Waals surface area (Å²) in [6.45, 7) is 1.80. The van der Waals surface area contributed by atoms with Crippen LogP contribution in [-0.4, -0.2) is 43.7 Å². The Labute approximate surface area is 118 Å². The standard InChI is InChI=1S/C14H18ClNO3/c1-16-8-2-3-13(9-16)19-14(17)10-18-12-6-4-11(15)5-7-12/h4-7,13H,2-3,8-10H2,1H3. The smallest absolute Gasteiger partial charge is 0.344 e. The van der Waals surface area contributed by atoms with Gasteiger partial charge in [-0.3, -0.25) is 0 Å². The molecule has 4 nitrogen and oxygen atoms in total. The number of hydrogen-bond donors (Lipinski definition) is 0. The quantitative estimate of drug-likeness (QED) is 0.795. The van der Waals surface area contributed by atoms with Crippen LogP contribution in [0.3, 0.4) is 0 Å². The Balaban J connectivity index is 1.73. The molecule has 5 heteroatoms. The first-order valence-corrected chi connectivity index (χ1v) is 6.77. The Kier molecular flexibility index (Phi) is 5.05. The molecular weight excluding hydrogens is 266 g/mol. The summed E-state index contributed by atoms with van der Waals surface area (Å²) in [5, 5.41) is 0.639. The maximum Gasteiger partial charge on any atom is 0.344 e. The number of carbonyl (C=O) groups is 1. The van der Waals surface area contributed by atoms with E-state index in [0.717, 1.165) is 25.9 Å². The zero-order chi connectivity index (χ0) is 13.7. The molecule has 19 heavy (non-hydrogen) atoms. The number of ether oxygens (including phenoxy) is 2. The van der Waals surface area contributed by atoms with Gasteiger partial charge in [0.25, 0.3) is 0 Å². The van der Waals surface area contributed by atoms with Gasteiger partial charge in [0.1, 0.15) is 11.9 Å². The second-order valence-electron chi connectivity index (χ2n) is 4.76. The molecule has 1 aliphatic rings. The van der Waals surface area contributed by atoms with Crippen LogP contribution >= 0.6 is 11.6 Å². The van der Waals surface area contributed by atoms with Gasteiger partial charge in [-0.1, -0.05) is 11.6 Å². The van der Waals surface area contributed by atoms with Gasteiger partial charge >= 0.3 is 5.97 Å². The van der Waals surface area contributed by atoms with Gasteiger partial charge in [-0.2, -0.15) is 0 Å². The minimum absolute atomic E-state index is 0.0138. The number of halogens is 1. The number of piperidine rings is 1. The summed E-state index contributed by atoms with van der Waals surface area (Å²) in [7, 11) is 2.03. The van der Waals surface area contributed by atoms with Crippen molar-refractivity contribution in [3.63, 3.8) is 0 Å². The molecule has 1 heterocycles. The Hall–Kier alpha value is -1.26. The summed E-state index contributed by atoms with van der Waals surface area (Å²) in [6.07, 6.45) is 1.98. The molecule has 0 bridgehead atoms. The van der Waals surface area contributed by atoms with Crippen LogP contribution in [0, 0.1) is 0 Å². The molecule has 0 saturated carbocycles. The second kappa shape index (κ2) is 6.78. The topological polar surface area (TPSA) is 38.8 Å². The maximum absolute atomic E-state index is 11.7. The van der Waals surface area contributed by atoms with Crippen molar-refractivity contribution in [1.82, 2.24) is 4.90 Å². The minimum atomic E-state index is -0.324. The predicted octanol–water partition coefficient (Wildman–Crippen LogP) is 2.36. The predicted molar refractivity (Wildman–Crippen MR) is 73.6 cm³/mol. The first-order valence-electron chi connectivity index (χ1n) is 6.40. The summed E-state index contributed by atoms with van der Waals surface area (Å²) in [5.41, 5.74) is 0. The second-order valence-corrected chi connectivity index (χ2v) is 5.20. The largest absolute Gasteiger partial charge is 0.482 e. The van der Waals surface area contributed by atoms with Crippen LogP contribution in [0.15, 0.2) is 24.3 Å². The minimum Gasteiger partial charge on any atom is -0.482 e. The number of likely N-dealkylation sites (tertiary alicyclic amines) is 1. The average molecular weight is 284 g/mol. The van der Waals surface area contributed by atoms with Gasteiger partial charge in [0.05, 0.1) is 0 Å². The van der Waals surface area contributed by atoms with Gasteiger partial charge in [0.2, 0.25) is 0 Å². The van der Waals surface area contributed by atoms with Gasteiger partial charge in [0, 0.05) is 11.6 Å². The van der Waals surface area contributed by atoms with Gasteiger partial charge in [-0.15, -0.1) is 0 Å². The number of nitrogens with zero attached hydrogens (tertiary/aromatic N) is 1. The Morgan fingerprint density at radius 1 is 1.42 bits per heavy atom. The normalized spacial score (nSPS) is 20.0. The van der Waals surface area contributed by atoms with E-state index >= 15 is 0 Å². The van der Waals surface area contributed by atoms with Crippen molar-refractivity contribution < 1.29 is 14.3 Å². The van der Waals surface area contributed by atoms with E-state index in [4.69, 9.17) is 21.1 Å². The first kappa shape index (κ1) is 14.2. The third-order valence-corrected chi connectivity index (χ3v) is 3.30. The van der Waals surface area contributed by atoms with E-state index in [0.29, 0.717) is 10.8 Å². The van der Waals surface area contributed by atoms with E-state index in [1.54, 1.807) is 24.3 Å². The highest BCUT2D eigenvalue weighted by molar-refractivity contribution is 6.30. The molecule has 0 N–H and O–H groups in total. The summed E-state index contributed by atoms with van der Waals surface area (Å²) >= 11 is 5.77. The molecule has 0 aromatic heterocycles. The monoisotopic (exact) mass is 283 g/mol. The van der Waals surface area contributed by atoms with Crippen LogP contribution in [0.5, 0.6) is 5.75 Å². The van der Waals surface area contributed by atoms with Gasteiger partial charge in [-0.05, 0) is 50.7 Å². The average Bonchev–Trinajstić information content (AvgIpc) is 2.38. The van der Waals surface area contributed by atoms with Gasteiger partial charge < -0.3 is 14.4 Å². The highest BCUT2D eigenvalue weighted by Crippen LogP contribution is 2.16. The molecule has 1 aromatic carbocycles. The zero-order valence-electron chi connectivity index (χ0n) is 11.0. The molecule has 1 aliphatic heterocycles. The fraction of sp³-hybridized carbons (Fsp3) is 0.500. The van der Waals surface area contributed by atoms with Crippen LogP contribution in [-0.2, 0) is 9.53 Å². The SMILES string of the molecule is CN1CCCC(OC(=O)COc2ccc(Cl)cc2)C1. The Bertz CT molecular complexity index is 421. The lowest BCUT2D eigenvalue weighted by Crippen LogP contribution is -2.38. The lowest BCUT2D eigenvalue weighted by molar-refractivity contribution is -0.153. The number of carbonyl (C=O) groups excluding carboxylic acids is 1. The van der Waals surface area contributed by atoms with Crippen molar-refractivity contribution in [3.05, 3.63) is 29.3 Å². The van der Waals surface area contributed by atoms with Crippen LogP contribution < -0.4 is 4.74 Å². The number of benzene rings is 1. The van der Waals surface area contributed by atoms with E-state index < -0.39 is 0 Å². The fourth-order valence-corrected chi connectivity index (χ4v) is 2.23. The molecule has 0 spiro atoms. The van der Waals surface area contributed by atoms with Gasteiger partial charge in [-0.25, -0.2) is 4.79 Å². The first-order chi connectivity index (χ1) is 9.13. The van der Waals surface area contributed by atoms with E-state index in [-0.39, 0.29) is 18.7 Å². The number of likely N-dealkylation sites (N-methyl/N-ethyl adjacent to an activating group) is 1. The molecular formula is C14H18ClNO3. The van der Waals surface area contributed by atoms with Crippen molar-refractivity contribution in [3.8, 4) is 5.75 Å². The molecule has 0 amide bonds. The van der Waals surface area contributed by atoms with Crippen LogP contribution in [0.2, 0.25) is 5.02 Å². The highest BCUT2D eigenvalue weighted by atomic mass is 35.5. The maximum atomic E-state index is 11.7. The van der Waals surface area contributed by atoms with Crippen molar-refractivity contribution in [2.45, 2.75) is 18.9 Å². The van der Waals surface area contributed by atoms with Crippen LogP contribution in [0.4, 0.5) is 0 Å². The Morgan fingerprint density at radius 3 is 2.84 bits per heavy atom. The molecule has 0 aliphatic carbocycles. The number of hydrogen-bond acceptors (Lipinski definition) is 4. The molecule has 0 radical (unpaired) electrons. The van der Waals surface area contributed by atoms with Crippen molar-refractivity contribution in [1.29, 1.82) is 0 Å². The molecule has 1 unspecified atom stereocenters. The Morgan fingerprint density at radius 2 is 2.16 bits per heavy atom. The molecule has 1 atom stereocenters. The summed E-state index contributed by atoms with van der Waals surface area (Å²) < 4.78 is 10.7. The van der Waals surface area contributed by atoms with E-state index in [9.17, 15) is 4.79 Å². The summed E-state index contributed by atoms with van der Waals surface area (Å²) in [6, 6.07) is 6.89. The highest BCUT2D eigenvalue weighted by Gasteiger charge is 2.20. The van der Waals surface area contributed by atoms with Crippen LogP contribution in [0.1, 0.15) is 12.8 Å². The fourth-order valence-electron chi connectivity index (χ4n) is 2.11. The molecule has 2 rings (SSSR count). The summed E-state index contributed by atoms with van der Waals surface area (Å²) in [5.74, 6) is 0.289. The van der Waals surface area contributed by atoms with E-state index in [2.05, 4.69) is 4.90 Å². The third kappa shape index (κ3) is 4.73. The van der Waals surface area contributed by atoms with Crippen LogP contribution in [0.25, 0.3) is 0 Å².